The number of aromatic nitrogens is 2. The molecule has 0 aliphatic carbocycles. The van der Waals surface area contributed by atoms with Crippen LogP contribution in [0.4, 0.5) is 15.3 Å². The maximum Gasteiger partial charge on any atom is 0.322 e. The summed E-state index contributed by atoms with van der Waals surface area (Å²) in [6, 6.07) is 0.178. The van der Waals surface area contributed by atoms with Crippen molar-refractivity contribution < 1.29 is 14.3 Å². The molecule has 9 nitrogen and oxygen atoms in total. The number of nitrogens with zero attached hydrogens (tertiary/aromatic N) is 5. The molecule has 4 heterocycles. The minimum Gasteiger partial charge on any atom is -0.378 e. The zero-order chi connectivity index (χ0) is 15.8. The number of amides is 4. The van der Waals surface area contributed by atoms with Crippen LogP contribution in [0.2, 0.25) is 0 Å². The molecule has 0 unspecified atom stereocenters. The molecule has 4 rings (SSSR count). The number of rotatable bonds is 2. The number of ether oxygens (including phenoxy) is 1. The molecule has 3 aliphatic rings. The van der Waals surface area contributed by atoms with E-state index in [0.717, 1.165) is 5.69 Å². The molecule has 4 amide bonds. The van der Waals surface area contributed by atoms with Crippen molar-refractivity contribution in [1.29, 1.82) is 0 Å². The van der Waals surface area contributed by atoms with E-state index in [0.29, 0.717) is 52.5 Å². The Labute approximate surface area is 133 Å². The van der Waals surface area contributed by atoms with Gasteiger partial charge in [0, 0.05) is 45.5 Å². The smallest absolute Gasteiger partial charge is 0.322 e. The van der Waals surface area contributed by atoms with Crippen LogP contribution < -0.4 is 10.2 Å². The number of morpholine rings is 1. The summed E-state index contributed by atoms with van der Waals surface area (Å²) in [7, 11) is 0. The molecule has 3 fully saturated rings. The third-order valence-electron chi connectivity index (χ3n) is 4.54. The van der Waals surface area contributed by atoms with E-state index in [2.05, 4.69) is 10.4 Å². The van der Waals surface area contributed by atoms with Gasteiger partial charge in [0.2, 0.25) is 0 Å². The van der Waals surface area contributed by atoms with Crippen LogP contribution in [0.1, 0.15) is 6.04 Å². The molecule has 0 aromatic carbocycles. The zero-order valence-corrected chi connectivity index (χ0v) is 12.8. The first-order valence-corrected chi connectivity index (χ1v) is 7.93. The molecule has 1 N–H and O–H groups in total. The van der Waals surface area contributed by atoms with Crippen LogP contribution in [0.15, 0.2) is 12.4 Å². The van der Waals surface area contributed by atoms with Crippen molar-refractivity contribution in [3.05, 3.63) is 12.4 Å². The van der Waals surface area contributed by atoms with Gasteiger partial charge in [-0.3, -0.25) is 9.58 Å². The fourth-order valence-corrected chi connectivity index (χ4v) is 3.12. The monoisotopic (exact) mass is 320 g/mol. The fourth-order valence-electron chi connectivity index (χ4n) is 3.12. The van der Waals surface area contributed by atoms with Crippen molar-refractivity contribution >= 4 is 17.7 Å². The Hall–Kier alpha value is -2.29. The summed E-state index contributed by atoms with van der Waals surface area (Å²) in [5.74, 6) is 0. The van der Waals surface area contributed by atoms with Gasteiger partial charge in [0.1, 0.15) is 0 Å². The van der Waals surface area contributed by atoms with Gasteiger partial charge in [-0.1, -0.05) is 0 Å². The molecule has 0 saturated carbocycles. The quantitative estimate of drug-likeness (QED) is 0.812. The zero-order valence-electron chi connectivity index (χ0n) is 12.8. The van der Waals surface area contributed by atoms with E-state index in [4.69, 9.17) is 4.74 Å². The number of hydrogen-bond donors (Lipinski definition) is 1. The Bertz CT molecular complexity index is 605. The van der Waals surface area contributed by atoms with Gasteiger partial charge in [-0.2, -0.15) is 5.10 Å². The molecule has 9 heteroatoms. The van der Waals surface area contributed by atoms with Crippen LogP contribution in [-0.4, -0.2) is 84.1 Å². The summed E-state index contributed by atoms with van der Waals surface area (Å²) >= 11 is 0. The minimum absolute atomic E-state index is 0.0795. The second-order valence-electron chi connectivity index (χ2n) is 6.00. The summed E-state index contributed by atoms with van der Waals surface area (Å²) in [6.07, 6.45) is 3.59. The molecule has 0 radical (unpaired) electrons. The second-order valence-corrected chi connectivity index (χ2v) is 6.00. The lowest BCUT2D eigenvalue weighted by Crippen LogP contribution is -2.57. The molecule has 1 aromatic rings. The average Bonchev–Trinajstić information content (AvgIpc) is 3.15. The predicted octanol–water partition coefficient (Wildman–Crippen LogP) is -0.278. The Balaban J connectivity index is 1.34. The first-order chi connectivity index (χ1) is 11.2. The highest BCUT2D eigenvalue weighted by Crippen LogP contribution is 2.25. The molecular weight excluding hydrogens is 300 g/mol. The third kappa shape index (κ3) is 2.61. The largest absolute Gasteiger partial charge is 0.378 e. The van der Waals surface area contributed by atoms with Gasteiger partial charge < -0.3 is 19.9 Å². The molecule has 0 bridgehead atoms. The highest BCUT2D eigenvalue weighted by molar-refractivity contribution is 5.93. The van der Waals surface area contributed by atoms with E-state index in [1.807, 2.05) is 20.7 Å². The lowest BCUT2D eigenvalue weighted by molar-refractivity contribution is 0.0290. The fraction of sp³-hybridized carbons (Fsp3) is 0.643. The minimum atomic E-state index is -0.0812. The standard InChI is InChI=1S/C14H20N6O3/c21-13-15-1-2-19(13)11-7-16-20(10-11)12-8-18(9-12)14(22)17-3-5-23-6-4-17/h7,10,12H,1-6,8-9H2,(H,15,21). The van der Waals surface area contributed by atoms with Gasteiger partial charge in [-0.05, 0) is 0 Å². The second kappa shape index (κ2) is 5.73. The Kier molecular flexibility index (Phi) is 3.56. The normalized spacial score (nSPS) is 22.3. The summed E-state index contributed by atoms with van der Waals surface area (Å²) in [5.41, 5.74) is 0.804. The van der Waals surface area contributed by atoms with Crippen LogP contribution in [0.3, 0.4) is 0 Å². The van der Waals surface area contributed by atoms with Crippen molar-refractivity contribution in [3.8, 4) is 0 Å². The Morgan fingerprint density at radius 3 is 2.70 bits per heavy atom. The first-order valence-electron chi connectivity index (χ1n) is 7.93. The van der Waals surface area contributed by atoms with E-state index in [9.17, 15) is 9.59 Å². The summed E-state index contributed by atoms with van der Waals surface area (Å²) in [5, 5.41) is 7.12. The topological polar surface area (TPSA) is 82.9 Å². The van der Waals surface area contributed by atoms with Crippen LogP contribution >= 0.6 is 0 Å². The molecule has 1 aromatic heterocycles. The Morgan fingerprint density at radius 2 is 2.00 bits per heavy atom. The molecule has 23 heavy (non-hydrogen) atoms. The molecule has 3 aliphatic heterocycles. The van der Waals surface area contributed by atoms with Crippen LogP contribution in [-0.2, 0) is 4.74 Å². The van der Waals surface area contributed by atoms with Crippen LogP contribution in [0, 0.1) is 0 Å². The maximum atomic E-state index is 12.3. The number of nitrogens with one attached hydrogen (secondary N) is 1. The molecule has 124 valence electrons. The van der Waals surface area contributed by atoms with Gasteiger partial charge in [0.25, 0.3) is 0 Å². The third-order valence-corrected chi connectivity index (χ3v) is 4.54. The number of carbonyl (C=O) groups is 2. The molecule has 0 spiro atoms. The van der Waals surface area contributed by atoms with Crippen molar-refractivity contribution in [2.45, 2.75) is 6.04 Å². The van der Waals surface area contributed by atoms with E-state index in [1.54, 1.807) is 11.1 Å². The van der Waals surface area contributed by atoms with Crippen molar-refractivity contribution in [2.75, 3.05) is 57.4 Å². The van der Waals surface area contributed by atoms with Crippen LogP contribution in [0.5, 0.6) is 0 Å². The first kappa shape index (κ1) is 14.3. The number of carbonyl (C=O) groups excluding carboxylic acids is 2. The van der Waals surface area contributed by atoms with E-state index < -0.39 is 0 Å². The lowest BCUT2D eigenvalue weighted by Gasteiger charge is -2.42. The van der Waals surface area contributed by atoms with Gasteiger partial charge in [0.15, 0.2) is 0 Å². The number of likely N-dealkylation sites (tertiary alicyclic amines) is 1. The summed E-state index contributed by atoms with van der Waals surface area (Å²) in [6.45, 7) is 5.19. The van der Waals surface area contributed by atoms with Crippen molar-refractivity contribution in [2.24, 2.45) is 0 Å². The van der Waals surface area contributed by atoms with Gasteiger partial charge in [-0.25, -0.2) is 9.59 Å². The molecule has 3 saturated heterocycles. The van der Waals surface area contributed by atoms with E-state index >= 15 is 0 Å². The SMILES string of the molecule is O=C(N1CCOCC1)N1CC(n2cc(N3CCNC3=O)cn2)C1. The molecule has 0 atom stereocenters. The van der Waals surface area contributed by atoms with E-state index in [1.165, 1.54) is 0 Å². The van der Waals surface area contributed by atoms with Gasteiger partial charge in [0.05, 0.1) is 31.1 Å². The highest BCUT2D eigenvalue weighted by atomic mass is 16.5. The van der Waals surface area contributed by atoms with Crippen molar-refractivity contribution in [3.63, 3.8) is 0 Å². The Morgan fingerprint density at radius 1 is 1.22 bits per heavy atom. The highest BCUT2D eigenvalue weighted by Gasteiger charge is 2.35. The maximum absolute atomic E-state index is 12.3. The lowest BCUT2D eigenvalue weighted by atomic mass is 10.1. The summed E-state index contributed by atoms with van der Waals surface area (Å²) in [4.78, 5) is 29.3. The van der Waals surface area contributed by atoms with Gasteiger partial charge in [-0.15, -0.1) is 0 Å². The number of urea groups is 2. The number of anilines is 1. The van der Waals surface area contributed by atoms with E-state index in [-0.39, 0.29) is 18.1 Å². The van der Waals surface area contributed by atoms with Gasteiger partial charge >= 0.3 is 12.1 Å². The molecular formula is C14H20N6O3. The summed E-state index contributed by atoms with van der Waals surface area (Å²) < 4.78 is 7.12. The number of hydrogen-bond acceptors (Lipinski definition) is 4. The van der Waals surface area contributed by atoms with Crippen molar-refractivity contribution in [1.82, 2.24) is 24.9 Å². The van der Waals surface area contributed by atoms with Crippen LogP contribution in [0.25, 0.3) is 0 Å². The predicted molar refractivity (Wildman–Crippen MR) is 81.4 cm³/mol. The average molecular weight is 320 g/mol.